The number of hydrogen-bond acceptors (Lipinski definition) is 3. The van der Waals surface area contributed by atoms with Gasteiger partial charge in [0.2, 0.25) is 5.91 Å². The number of thiophene rings is 1. The lowest BCUT2D eigenvalue weighted by Crippen LogP contribution is -2.50. The minimum absolute atomic E-state index is 0.113. The summed E-state index contributed by atoms with van der Waals surface area (Å²) < 4.78 is 0. The summed E-state index contributed by atoms with van der Waals surface area (Å²) in [5.41, 5.74) is 0. The first-order chi connectivity index (χ1) is 7.75. The van der Waals surface area contributed by atoms with Gasteiger partial charge >= 0.3 is 0 Å². The molecule has 1 fully saturated rings. The van der Waals surface area contributed by atoms with Gasteiger partial charge in [0.05, 0.1) is 0 Å². The Morgan fingerprint density at radius 3 is 3.25 bits per heavy atom. The molecule has 0 bridgehead atoms. The molecule has 1 amide bonds. The molecule has 1 aromatic rings. The fraction of sp³-hybridized carbons (Fsp3) is 0.417. The van der Waals surface area contributed by atoms with E-state index in [9.17, 15) is 4.79 Å². The molecule has 16 heavy (non-hydrogen) atoms. The van der Waals surface area contributed by atoms with E-state index in [1.54, 1.807) is 17.4 Å². The summed E-state index contributed by atoms with van der Waals surface area (Å²) in [6, 6.07) is 4.39. The van der Waals surface area contributed by atoms with E-state index in [0.29, 0.717) is 6.04 Å². The molecule has 0 aromatic carbocycles. The number of amides is 1. The van der Waals surface area contributed by atoms with Gasteiger partial charge in [-0.3, -0.25) is 4.79 Å². The first-order valence-corrected chi connectivity index (χ1v) is 6.37. The molecule has 1 atom stereocenters. The third kappa shape index (κ3) is 2.93. The molecule has 0 radical (unpaired) electrons. The Labute approximate surface area is 99.8 Å². The lowest BCUT2D eigenvalue weighted by Gasteiger charge is -2.31. The quantitative estimate of drug-likeness (QED) is 0.791. The molecule has 1 N–H and O–H groups in total. The van der Waals surface area contributed by atoms with Crippen molar-refractivity contribution >= 4 is 23.3 Å². The summed E-state index contributed by atoms with van der Waals surface area (Å²) in [6.07, 6.45) is 3.56. The highest BCUT2D eigenvalue weighted by atomic mass is 32.1. The maximum Gasteiger partial charge on any atom is 0.246 e. The summed E-state index contributed by atoms with van der Waals surface area (Å²) in [4.78, 5) is 14.9. The van der Waals surface area contributed by atoms with E-state index in [0.717, 1.165) is 24.5 Å². The van der Waals surface area contributed by atoms with Crippen molar-refractivity contribution in [3.63, 3.8) is 0 Å². The molecule has 4 heteroatoms. The minimum Gasteiger partial charge on any atom is -0.336 e. The number of nitrogens with zero attached hydrogens (tertiary/aromatic N) is 1. The van der Waals surface area contributed by atoms with Crippen LogP contribution in [0.3, 0.4) is 0 Å². The SMILES string of the molecule is C[C@H]1CN(C(=O)/C=C/c2cccs2)CCN1. The fourth-order valence-corrected chi connectivity index (χ4v) is 2.40. The molecule has 1 saturated heterocycles. The van der Waals surface area contributed by atoms with Gasteiger partial charge in [-0.05, 0) is 24.4 Å². The summed E-state index contributed by atoms with van der Waals surface area (Å²) >= 11 is 1.64. The van der Waals surface area contributed by atoms with Crippen molar-refractivity contribution in [2.24, 2.45) is 0 Å². The zero-order valence-corrected chi connectivity index (χ0v) is 10.2. The van der Waals surface area contributed by atoms with Crippen molar-refractivity contribution in [3.8, 4) is 0 Å². The topological polar surface area (TPSA) is 32.3 Å². The van der Waals surface area contributed by atoms with Crippen molar-refractivity contribution in [3.05, 3.63) is 28.5 Å². The van der Waals surface area contributed by atoms with Crippen LogP contribution < -0.4 is 5.32 Å². The summed E-state index contributed by atoms with van der Waals surface area (Å²) in [7, 11) is 0. The molecule has 3 nitrogen and oxygen atoms in total. The third-order valence-electron chi connectivity index (χ3n) is 2.61. The smallest absolute Gasteiger partial charge is 0.246 e. The average Bonchev–Trinajstić information content (AvgIpc) is 2.78. The maximum absolute atomic E-state index is 11.9. The van der Waals surface area contributed by atoms with Crippen LogP contribution >= 0.6 is 11.3 Å². The van der Waals surface area contributed by atoms with Gasteiger partial charge in [-0.15, -0.1) is 11.3 Å². The molecule has 0 saturated carbocycles. The Bertz CT molecular complexity index is 372. The van der Waals surface area contributed by atoms with E-state index in [1.807, 2.05) is 28.5 Å². The molecule has 2 heterocycles. The molecular formula is C12H16N2OS. The molecular weight excluding hydrogens is 220 g/mol. The highest BCUT2D eigenvalue weighted by Crippen LogP contribution is 2.10. The largest absolute Gasteiger partial charge is 0.336 e. The molecule has 1 aromatic heterocycles. The van der Waals surface area contributed by atoms with E-state index in [2.05, 4.69) is 12.2 Å². The van der Waals surface area contributed by atoms with Gasteiger partial charge in [0.1, 0.15) is 0 Å². The molecule has 0 unspecified atom stereocenters. The van der Waals surface area contributed by atoms with Crippen LogP contribution in [0.1, 0.15) is 11.8 Å². The summed E-state index contributed by atoms with van der Waals surface area (Å²) in [6.45, 7) is 4.59. The van der Waals surface area contributed by atoms with E-state index in [1.165, 1.54) is 0 Å². The predicted octanol–water partition coefficient (Wildman–Crippen LogP) is 1.58. The number of carbonyl (C=O) groups is 1. The highest BCUT2D eigenvalue weighted by Gasteiger charge is 2.18. The van der Waals surface area contributed by atoms with Crippen LogP contribution in [0.5, 0.6) is 0 Å². The van der Waals surface area contributed by atoms with Crippen molar-refractivity contribution in [1.29, 1.82) is 0 Å². The first-order valence-electron chi connectivity index (χ1n) is 5.49. The van der Waals surface area contributed by atoms with Crippen LogP contribution in [-0.4, -0.2) is 36.5 Å². The molecule has 86 valence electrons. The second-order valence-electron chi connectivity index (χ2n) is 3.99. The standard InChI is InChI=1S/C12H16N2OS/c1-10-9-14(7-6-13-10)12(15)5-4-11-3-2-8-16-11/h2-5,8,10,13H,6-7,9H2,1H3/b5-4+/t10-/m0/s1. The van der Waals surface area contributed by atoms with Crippen LogP contribution in [0, 0.1) is 0 Å². The van der Waals surface area contributed by atoms with Crippen LogP contribution in [-0.2, 0) is 4.79 Å². The van der Waals surface area contributed by atoms with Crippen LogP contribution in [0.4, 0.5) is 0 Å². The van der Waals surface area contributed by atoms with Crippen LogP contribution in [0.2, 0.25) is 0 Å². The molecule has 1 aliphatic heterocycles. The Balaban J connectivity index is 1.92. The maximum atomic E-state index is 11.9. The Morgan fingerprint density at radius 1 is 1.69 bits per heavy atom. The second-order valence-corrected chi connectivity index (χ2v) is 4.97. The van der Waals surface area contributed by atoms with Crippen LogP contribution in [0.25, 0.3) is 6.08 Å². The zero-order valence-electron chi connectivity index (χ0n) is 9.35. The number of nitrogens with one attached hydrogen (secondary N) is 1. The first kappa shape index (κ1) is 11.4. The Morgan fingerprint density at radius 2 is 2.56 bits per heavy atom. The monoisotopic (exact) mass is 236 g/mol. The van der Waals surface area contributed by atoms with Gasteiger partial charge in [-0.1, -0.05) is 6.07 Å². The predicted molar refractivity (Wildman–Crippen MR) is 67.4 cm³/mol. The van der Waals surface area contributed by atoms with Crippen molar-refractivity contribution in [2.45, 2.75) is 13.0 Å². The minimum atomic E-state index is 0.113. The van der Waals surface area contributed by atoms with E-state index < -0.39 is 0 Å². The average molecular weight is 236 g/mol. The number of rotatable bonds is 2. The van der Waals surface area contributed by atoms with E-state index in [-0.39, 0.29) is 5.91 Å². The van der Waals surface area contributed by atoms with E-state index in [4.69, 9.17) is 0 Å². The number of hydrogen-bond donors (Lipinski definition) is 1. The van der Waals surface area contributed by atoms with Gasteiger partial charge in [0.15, 0.2) is 0 Å². The van der Waals surface area contributed by atoms with Gasteiger partial charge in [-0.2, -0.15) is 0 Å². The summed E-state index contributed by atoms with van der Waals surface area (Å²) in [5, 5.41) is 5.33. The Hall–Kier alpha value is -1.13. The summed E-state index contributed by atoms with van der Waals surface area (Å²) in [5.74, 6) is 0.113. The van der Waals surface area contributed by atoms with E-state index >= 15 is 0 Å². The van der Waals surface area contributed by atoms with Crippen molar-refractivity contribution in [2.75, 3.05) is 19.6 Å². The van der Waals surface area contributed by atoms with Gasteiger partial charge in [0, 0.05) is 36.6 Å². The molecule has 0 spiro atoms. The van der Waals surface area contributed by atoms with Gasteiger partial charge in [-0.25, -0.2) is 0 Å². The van der Waals surface area contributed by atoms with Gasteiger partial charge in [0.25, 0.3) is 0 Å². The molecule has 2 rings (SSSR count). The third-order valence-corrected chi connectivity index (χ3v) is 3.45. The normalized spacial score (nSPS) is 21.6. The lowest BCUT2D eigenvalue weighted by molar-refractivity contribution is -0.127. The van der Waals surface area contributed by atoms with Gasteiger partial charge < -0.3 is 10.2 Å². The second kappa shape index (κ2) is 5.27. The molecule has 0 aliphatic carbocycles. The number of piperazine rings is 1. The number of carbonyl (C=O) groups excluding carboxylic acids is 1. The van der Waals surface area contributed by atoms with Crippen molar-refractivity contribution < 1.29 is 4.79 Å². The zero-order chi connectivity index (χ0) is 11.4. The lowest BCUT2D eigenvalue weighted by atomic mass is 10.2. The Kier molecular flexibility index (Phi) is 3.74. The van der Waals surface area contributed by atoms with Crippen LogP contribution in [0.15, 0.2) is 23.6 Å². The van der Waals surface area contributed by atoms with Crippen molar-refractivity contribution in [1.82, 2.24) is 10.2 Å². The highest BCUT2D eigenvalue weighted by molar-refractivity contribution is 7.10. The molecule has 1 aliphatic rings. The fourth-order valence-electron chi connectivity index (χ4n) is 1.78.